The summed E-state index contributed by atoms with van der Waals surface area (Å²) in [7, 11) is 2.15. The molecule has 0 aliphatic carbocycles. The van der Waals surface area contributed by atoms with E-state index in [1.807, 2.05) is 0 Å². The highest BCUT2D eigenvalue weighted by atomic mass is 15.0. The molecule has 34 heavy (non-hydrogen) atoms. The standard InChI is InChI=1S/C32H29N2/c1-21(2)34-30-13-9-8-12-27(30)29-18-22(3)28(20-31(29)34)32-26-15-14-24(23-10-6-5-7-11-23)19-25(26)16-17-33(32)4/h5-21H,1-4H3/q+1. The van der Waals surface area contributed by atoms with Gasteiger partial charge in [-0.05, 0) is 73.2 Å². The third kappa shape index (κ3) is 3.13. The van der Waals surface area contributed by atoms with E-state index in [-0.39, 0.29) is 0 Å². The summed E-state index contributed by atoms with van der Waals surface area (Å²) in [6, 6.07) is 33.6. The van der Waals surface area contributed by atoms with Crippen molar-refractivity contribution in [1.29, 1.82) is 0 Å². The fourth-order valence-electron chi connectivity index (χ4n) is 5.48. The van der Waals surface area contributed by atoms with Crippen molar-refractivity contribution >= 4 is 32.6 Å². The molecule has 0 spiro atoms. The van der Waals surface area contributed by atoms with Gasteiger partial charge in [0.15, 0.2) is 6.20 Å². The Labute approximate surface area is 200 Å². The maximum atomic E-state index is 2.48. The average Bonchev–Trinajstić information content (AvgIpc) is 3.17. The molecule has 0 N–H and O–H groups in total. The summed E-state index contributed by atoms with van der Waals surface area (Å²) in [4.78, 5) is 0. The Bertz CT molecular complexity index is 1690. The molecule has 2 nitrogen and oxygen atoms in total. The van der Waals surface area contributed by atoms with E-state index in [2.05, 4.69) is 134 Å². The van der Waals surface area contributed by atoms with Crippen LogP contribution in [-0.2, 0) is 7.05 Å². The minimum Gasteiger partial charge on any atom is -0.338 e. The fourth-order valence-corrected chi connectivity index (χ4v) is 5.48. The zero-order chi connectivity index (χ0) is 23.4. The molecule has 0 aliphatic rings. The van der Waals surface area contributed by atoms with Crippen LogP contribution in [-0.4, -0.2) is 4.57 Å². The van der Waals surface area contributed by atoms with Crippen LogP contribution in [0.5, 0.6) is 0 Å². The number of nitrogens with zero attached hydrogens (tertiary/aromatic N) is 2. The molecule has 166 valence electrons. The Morgan fingerprint density at radius 1 is 0.676 bits per heavy atom. The van der Waals surface area contributed by atoms with Crippen molar-refractivity contribution < 1.29 is 4.57 Å². The number of pyridine rings is 1. The van der Waals surface area contributed by atoms with Gasteiger partial charge in [-0.1, -0.05) is 54.6 Å². The maximum Gasteiger partial charge on any atom is 0.220 e. The first-order chi connectivity index (χ1) is 16.5. The summed E-state index contributed by atoms with van der Waals surface area (Å²) in [6.45, 7) is 6.79. The molecule has 4 aromatic carbocycles. The van der Waals surface area contributed by atoms with Crippen LogP contribution >= 0.6 is 0 Å². The highest BCUT2D eigenvalue weighted by Gasteiger charge is 2.21. The molecule has 6 aromatic rings. The summed E-state index contributed by atoms with van der Waals surface area (Å²) in [5.74, 6) is 0. The van der Waals surface area contributed by atoms with Gasteiger partial charge in [-0.25, -0.2) is 4.57 Å². The van der Waals surface area contributed by atoms with E-state index in [4.69, 9.17) is 0 Å². The summed E-state index contributed by atoms with van der Waals surface area (Å²) in [5.41, 5.74) is 8.95. The van der Waals surface area contributed by atoms with Crippen molar-refractivity contribution in [2.45, 2.75) is 26.8 Å². The molecule has 0 fully saturated rings. The monoisotopic (exact) mass is 441 g/mol. The number of aryl methyl sites for hydroxylation is 2. The maximum absolute atomic E-state index is 2.48. The van der Waals surface area contributed by atoms with Gasteiger partial charge in [0.1, 0.15) is 7.05 Å². The van der Waals surface area contributed by atoms with Gasteiger partial charge in [-0.15, -0.1) is 0 Å². The number of aromatic nitrogens is 2. The molecule has 2 aromatic heterocycles. The van der Waals surface area contributed by atoms with E-state index in [9.17, 15) is 0 Å². The number of hydrogen-bond acceptors (Lipinski definition) is 0. The highest BCUT2D eigenvalue weighted by Crippen LogP contribution is 2.37. The molecule has 0 bridgehead atoms. The minimum atomic E-state index is 0.382. The van der Waals surface area contributed by atoms with Crippen molar-refractivity contribution in [1.82, 2.24) is 4.57 Å². The summed E-state index contributed by atoms with van der Waals surface area (Å²) >= 11 is 0. The lowest BCUT2D eigenvalue weighted by atomic mass is 9.95. The van der Waals surface area contributed by atoms with Gasteiger partial charge < -0.3 is 4.57 Å². The lowest BCUT2D eigenvalue weighted by molar-refractivity contribution is -0.659. The molecule has 0 atom stereocenters. The highest BCUT2D eigenvalue weighted by molar-refractivity contribution is 6.10. The fraction of sp³-hybridized carbons (Fsp3) is 0.156. The van der Waals surface area contributed by atoms with Crippen molar-refractivity contribution in [3.63, 3.8) is 0 Å². The van der Waals surface area contributed by atoms with Gasteiger partial charge in [0, 0.05) is 28.4 Å². The van der Waals surface area contributed by atoms with E-state index in [1.54, 1.807) is 0 Å². The molecule has 0 radical (unpaired) electrons. The second-order valence-electron chi connectivity index (χ2n) is 9.61. The molecule has 0 saturated heterocycles. The molecule has 0 amide bonds. The van der Waals surface area contributed by atoms with Gasteiger partial charge in [0.25, 0.3) is 0 Å². The predicted molar refractivity (Wildman–Crippen MR) is 144 cm³/mol. The zero-order valence-corrected chi connectivity index (χ0v) is 20.2. The Morgan fingerprint density at radius 2 is 1.44 bits per heavy atom. The van der Waals surface area contributed by atoms with Crippen LogP contribution in [0.4, 0.5) is 0 Å². The Morgan fingerprint density at radius 3 is 2.24 bits per heavy atom. The lowest BCUT2D eigenvalue weighted by Gasteiger charge is -2.14. The molecule has 2 heteroatoms. The normalized spacial score (nSPS) is 11.8. The molecule has 2 heterocycles. The van der Waals surface area contributed by atoms with Gasteiger partial charge in [-0.2, -0.15) is 0 Å². The summed E-state index contributed by atoms with van der Waals surface area (Å²) in [5, 5.41) is 5.20. The Hall–Kier alpha value is -3.91. The number of benzene rings is 4. The van der Waals surface area contributed by atoms with Crippen LogP contribution in [0.3, 0.4) is 0 Å². The molecular weight excluding hydrogens is 412 g/mol. The van der Waals surface area contributed by atoms with Crippen LogP contribution in [0.25, 0.3) is 55.0 Å². The van der Waals surface area contributed by atoms with Gasteiger partial charge in [-0.3, -0.25) is 0 Å². The van der Waals surface area contributed by atoms with E-state index < -0.39 is 0 Å². The van der Waals surface area contributed by atoms with Crippen LogP contribution < -0.4 is 4.57 Å². The number of fused-ring (bicyclic) bond motifs is 4. The molecule has 6 rings (SSSR count). The second kappa shape index (κ2) is 7.85. The summed E-state index contributed by atoms with van der Waals surface area (Å²) < 4.78 is 4.74. The Kier molecular flexibility index (Phi) is 4.77. The van der Waals surface area contributed by atoms with Gasteiger partial charge >= 0.3 is 0 Å². The topological polar surface area (TPSA) is 8.81 Å². The molecular formula is C32H29N2+. The lowest BCUT2D eigenvalue weighted by Crippen LogP contribution is -2.30. The molecule has 0 saturated carbocycles. The number of hydrogen-bond donors (Lipinski definition) is 0. The largest absolute Gasteiger partial charge is 0.338 e. The number of para-hydroxylation sites is 1. The van der Waals surface area contributed by atoms with Crippen molar-refractivity contribution in [2.75, 3.05) is 0 Å². The van der Waals surface area contributed by atoms with E-state index in [0.717, 1.165) is 0 Å². The first-order valence-corrected chi connectivity index (χ1v) is 12.0. The van der Waals surface area contributed by atoms with E-state index in [1.165, 1.54) is 60.5 Å². The minimum absolute atomic E-state index is 0.382. The first-order valence-electron chi connectivity index (χ1n) is 12.0. The first kappa shape index (κ1) is 20.7. The van der Waals surface area contributed by atoms with Crippen molar-refractivity contribution in [3.8, 4) is 22.4 Å². The van der Waals surface area contributed by atoms with Crippen molar-refractivity contribution in [3.05, 3.63) is 103 Å². The molecule has 0 aliphatic heterocycles. The van der Waals surface area contributed by atoms with Crippen LogP contribution in [0.15, 0.2) is 97.2 Å². The van der Waals surface area contributed by atoms with Crippen molar-refractivity contribution in [2.24, 2.45) is 7.05 Å². The quantitative estimate of drug-likeness (QED) is 0.246. The average molecular weight is 442 g/mol. The van der Waals surface area contributed by atoms with Crippen LogP contribution in [0.1, 0.15) is 25.5 Å². The van der Waals surface area contributed by atoms with E-state index in [0.29, 0.717) is 6.04 Å². The third-order valence-corrected chi connectivity index (χ3v) is 7.07. The van der Waals surface area contributed by atoms with Crippen LogP contribution in [0.2, 0.25) is 0 Å². The van der Waals surface area contributed by atoms with Gasteiger partial charge in [0.2, 0.25) is 5.69 Å². The second-order valence-corrected chi connectivity index (χ2v) is 9.61. The third-order valence-electron chi connectivity index (χ3n) is 7.07. The smallest absolute Gasteiger partial charge is 0.220 e. The molecule has 0 unspecified atom stereocenters. The van der Waals surface area contributed by atoms with Crippen LogP contribution in [0, 0.1) is 6.92 Å². The number of rotatable bonds is 3. The predicted octanol–water partition coefficient (Wildman–Crippen LogP) is 8.00. The SMILES string of the molecule is Cc1cc2c3ccccc3n(C(C)C)c2cc1-c1c2ccc(-c3ccccc3)cc2cc[n+]1C. The van der Waals surface area contributed by atoms with E-state index >= 15 is 0 Å². The van der Waals surface area contributed by atoms with Gasteiger partial charge in [0.05, 0.1) is 16.5 Å². The summed E-state index contributed by atoms with van der Waals surface area (Å²) in [6.07, 6.45) is 2.19. The zero-order valence-electron chi connectivity index (χ0n) is 20.2. The Balaban J connectivity index is 1.63.